The molecular weight excluding hydrogens is 274 g/mol. The van der Waals surface area contributed by atoms with E-state index in [4.69, 9.17) is 0 Å². The van der Waals surface area contributed by atoms with Gasteiger partial charge in [-0.2, -0.15) is 0 Å². The quantitative estimate of drug-likeness (QED) is 0.897. The van der Waals surface area contributed by atoms with E-state index in [2.05, 4.69) is 5.32 Å². The maximum absolute atomic E-state index is 12.3. The topological polar surface area (TPSA) is 49.3 Å². The van der Waals surface area contributed by atoms with Crippen molar-refractivity contribution in [2.45, 2.75) is 50.7 Å². The number of carbonyl (C=O) groups is 1. The third-order valence-corrected chi connectivity index (χ3v) is 6.34. The largest absolute Gasteiger partial charge is 0.388 e. The van der Waals surface area contributed by atoms with E-state index in [0.717, 1.165) is 23.3 Å². The van der Waals surface area contributed by atoms with Crippen LogP contribution in [0.25, 0.3) is 0 Å². The SMILES string of the molecule is O=C(CC(O)c1ccccc1)NC1CC2CC1C1CCCC21. The summed E-state index contributed by atoms with van der Waals surface area (Å²) in [6.45, 7) is 0. The fraction of sp³-hybridized carbons (Fsp3) is 0.632. The van der Waals surface area contributed by atoms with Crippen LogP contribution in [0.15, 0.2) is 30.3 Å². The Hall–Kier alpha value is -1.35. The lowest BCUT2D eigenvalue weighted by Gasteiger charge is -2.32. The Labute approximate surface area is 132 Å². The van der Waals surface area contributed by atoms with Gasteiger partial charge in [0.15, 0.2) is 0 Å². The number of benzene rings is 1. The number of nitrogens with one attached hydrogen (secondary N) is 1. The smallest absolute Gasteiger partial charge is 0.223 e. The predicted molar refractivity (Wildman–Crippen MR) is 85.0 cm³/mol. The van der Waals surface area contributed by atoms with Crippen molar-refractivity contribution >= 4 is 5.91 Å². The van der Waals surface area contributed by atoms with Crippen molar-refractivity contribution in [3.05, 3.63) is 35.9 Å². The summed E-state index contributed by atoms with van der Waals surface area (Å²) in [6, 6.07) is 9.82. The molecule has 3 aliphatic carbocycles. The normalized spacial score (nSPS) is 37.0. The summed E-state index contributed by atoms with van der Waals surface area (Å²) in [6.07, 6.45) is 6.13. The molecule has 22 heavy (non-hydrogen) atoms. The van der Waals surface area contributed by atoms with Gasteiger partial charge in [0, 0.05) is 6.04 Å². The molecule has 1 aromatic carbocycles. The second-order valence-corrected chi connectivity index (χ2v) is 7.46. The fourth-order valence-electron chi connectivity index (χ4n) is 5.47. The van der Waals surface area contributed by atoms with Crippen LogP contribution in [0, 0.1) is 23.7 Å². The van der Waals surface area contributed by atoms with Crippen LogP contribution in [0.4, 0.5) is 0 Å². The maximum atomic E-state index is 12.3. The number of carbonyl (C=O) groups excluding carboxylic acids is 1. The van der Waals surface area contributed by atoms with Crippen molar-refractivity contribution in [1.29, 1.82) is 0 Å². The Morgan fingerprint density at radius 1 is 1.14 bits per heavy atom. The Kier molecular flexibility index (Phi) is 3.69. The first kappa shape index (κ1) is 14.3. The number of rotatable bonds is 4. The highest BCUT2D eigenvalue weighted by Crippen LogP contribution is 2.58. The average Bonchev–Trinajstić information content (AvgIpc) is 3.20. The minimum absolute atomic E-state index is 0.00319. The Morgan fingerprint density at radius 2 is 1.91 bits per heavy atom. The van der Waals surface area contributed by atoms with Gasteiger partial charge < -0.3 is 10.4 Å². The minimum atomic E-state index is -0.695. The third-order valence-electron chi connectivity index (χ3n) is 6.34. The van der Waals surface area contributed by atoms with E-state index in [1.54, 1.807) is 0 Å². The molecule has 0 spiro atoms. The number of aliphatic hydroxyl groups is 1. The van der Waals surface area contributed by atoms with Gasteiger partial charge in [0.05, 0.1) is 12.5 Å². The summed E-state index contributed by atoms with van der Waals surface area (Å²) in [5, 5.41) is 13.4. The first-order valence-corrected chi connectivity index (χ1v) is 8.74. The molecule has 1 aromatic rings. The number of hydrogen-bond acceptors (Lipinski definition) is 2. The number of fused-ring (bicyclic) bond motifs is 5. The molecule has 4 rings (SSSR count). The molecule has 6 unspecified atom stereocenters. The Bertz CT molecular complexity index is 544. The highest BCUT2D eigenvalue weighted by atomic mass is 16.3. The van der Waals surface area contributed by atoms with E-state index in [1.165, 1.54) is 32.1 Å². The molecule has 2 bridgehead atoms. The van der Waals surface area contributed by atoms with Crippen molar-refractivity contribution in [3.63, 3.8) is 0 Å². The van der Waals surface area contributed by atoms with Crippen molar-refractivity contribution in [2.75, 3.05) is 0 Å². The summed E-state index contributed by atoms with van der Waals surface area (Å²) in [7, 11) is 0. The monoisotopic (exact) mass is 299 g/mol. The van der Waals surface area contributed by atoms with E-state index in [1.807, 2.05) is 30.3 Å². The van der Waals surface area contributed by atoms with Gasteiger partial charge in [-0.1, -0.05) is 36.8 Å². The van der Waals surface area contributed by atoms with Gasteiger partial charge in [-0.3, -0.25) is 4.79 Å². The molecule has 6 atom stereocenters. The second-order valence-electron chi connectivity index (χ2n) is 7.46. The third kappa shape index (κ3) is 2.45. The minimum Gasteiger partial charge on any atom is -0.388 e. The van der Waals surface area contributed by atoms with E-state index in [9.17, 15) is 9.90 Å². The molecule has 0 aliphatic heterocycles. The molecule has 3 nitrogen and oxygen atoms in total. The van der Waals surface area contributed by atoms with Crippen LogP contribution < -0.4 is 5.32 Å². The average molecular weight is 299 g/mol. The van der Waals surface area contributed by atoms with Gasteiger partial charge in [0.2, 0.25) is 5.91 Å². The molecule has 0 saturated heterocycles. The molecule has 3 heteroatoms. The van der Waals surface area contributed by atoms with Gasteiger partial charge in [0.25, 0.3) is 0 Å². The molecule has 3 saturated carbocycles. The lowest BCUT2D eigenvalue weighted by molar-refractivity contribution is -0.124. The van der Waals surface area contributed by atoms with Crippen LogP contribution in [0.5, 0.6) is 0 Å². The van der Waals surface area contributed by atoms with Crippen LogP contribution in [0.1, 0.15) is 50.2 Å². The fourth-order valence-corrected chi connectivity index (χ4v) is 5.47. The molecule has 1 amide bonds. The number of hydrogen-bond donors (Lipinski definition) is 2. The standard InChI is InChI=1S/C19H25NO2/c21-18(12-5-2-1-3-6-12)11-19(22)20-17-10-13-9-16(17)15-8-4-7-14(13)15/h1-3,5-6,13-18,21H,4,7-11H2,(H,20,22). The zero-order valence-electron chi connectivity index (χ0n) is 12.9. The van der Waals surface area contributed by atoms with Crippen LogP contribution >= 0.6 is 0 Å². The summed E-state index contributed by atoms with van der Waals surface area (Å²) in [5.41, 5.74) is 0.821. The zero-order valence-corrected chi connectivity index (χ0v) is 12.9. The summed E-state index contributed by atoms with van der Waals surface area (Å²) in [4.78, 5) is 12.3. The molecule has 0 radical (unpaired) electrons. The van der Waals surface area contributed by atoms with Gasteiger partial charge in [-0.25, -0.2) is 0 Å². The predicted octanol–water partition coefficient (Wildman–Crippen LogP) is 3.05. The summed E-state index contributed by atoms with van der Waals surface area (Å²) < 4.78 is 0. The summed E-state index contributed by atoms with van der Waals surface area (Å²) >= 11 is 0. The van der Waals surface area contributed by atoms with Crippen LogP contribution in [0.2, 0.25) is 0 Å². The van der Waals surface area contributed by atoms with Gasteiger partial charge in [-0.05, 0) is 54.9 Å². The van der Waals surface area contributed by atoms with Gasteiger partial charge in [-0.15, -0.1) is 0 Å². The molecule has 0 heterocycles. The highest BCUT2D eigenvalue weighted by Gasteiger charge is 2.53. The molecule has 118 valence electrons. The van der Waals surface area contributed by atoms with Crippen molar-refractivity contribution in [1.82, 2.24) is 5.32 Å². The molecule has 0 aromatic heterocycles. The Balaban J connectivity index is 1.33. The maximum Gasteiger partial charge on any atom is 0.223 e. The van der Waals surface area contributed by atoms with E-state index >= 15 is 0 Å². The lowest BCUT2D eigenvalue weighted by Crippen LogP contribution is -2.42. The van der Waals surface area contributed by atoms with Gasteiger partial charge >= 0.3 is 0 Å². The number of aliphatic hydroxyl groups excluding tert-OH is 1. The lowest BCUT2D eigenvalue weighted by atomic mass is 9.79. The first-order chi connectivity index (χ1) is 10.7. The zero-order chi connectivity index (χ0) is 15.1. The van der Waals surface area contributed by atoms with Crippen molar-refractivity contribution in [2.24, 2.45) is 23.7 Å². The van der Waals surface area contributed by atoms with E-state index in [0.29, 0.717) is 12.0 Å². The highest BCUT2D eigenvalue weighted by molar-refractivity contribution is 5.77. The van der Waals surface area contributed by atoms with E-state index in [-0.39, 0.29) is 12.3 Å². The molecule has 3 aliphatic rings. The van der Waals surface area contributed by atoms with Gasteiger partial charge in [0.1, 0.15) is 0 Å². The molecule has 3 fully saturated rings. The van der Waals surface area contributed by atoms with Crippen LogP contribution in [-0.2, 0) is 4.79 Å². The van der Waals surface area contributed by atoms with Crippen molar-refractivity contribution in [3.8, 4) is 0 Å². The second kappa shape index (κ2) is 5.69. The van der Waals surface area contributed by atoms with Crippen molar-refractivity contribution < 1.29 is 9.90 Å². The van der Waals surface area contributed by atoms with E-state index < -0.39 is 6.10 Å². The van der Waals surface area contributed by atoms with Crippen LogP contribution in [-0.4, -0.2) is 17.1 Å². The summed E-state index contributed by atoms with van der Waals surface area (Å²) in [5.74, 6) is 3.37. The van der Waals surface area contributed by atoms with Crippen LogP contribution in [0.3, 0.4) is 0 Å². The number of amides is 1. The molecule has 2 N–H and O–H groups in total. The Morgan fingerprint density at radius 3 is 2.73 bits per heavy atom. The molecular formula is C19H25NO2. The first-order valence-electron chi connectivity index (χ1n) is 8.74.